The van der Waals surface area contributed by atoms with E-state index in [2.05, 4.69) is 19.8 Å². The van der Waals surface area contributed by atoms with Crippen LogP contribution in [0.2, 0.25) is 0 Å². The fourth-order valence-corrected chi connectivity index (χ4v) is 4.28. The van der Waals surface area contributed by atoms with Crippen molar-refractivity contribution in [3.8, 4) is 0 Å². The molecule has 4 heterocycles. The molecule has 0 amide bonds. The summed E-state index contributed by atoms with van der Waals surface area (Å²) >= 11 is 0. The second kappa shape index (κ2) is 6.11. The number of hydrogen-bond acceptors (Lipinski definition) is 6. The SMILES string of the molecule is C/C=C1\C(=N)C2=C(CCN3CCCC23)N1CC(O)c1ccncn1. The molecule has 0 aromatic carbocycles. The lowest BCUT2D eigenvalue weighted by Gasteiger charge is -2.33. The molecule has 1 fully saturated rings. The van der Waals surface area contributed by atoms with Crippen LogP contribution < -0.4 is 0 Å². The van der Waals surface area contributed by atoms with E-state index < -0.39 is 6.10 Å². The van der Waals surface area contributed by atoms with Gasteiger partial charge in [0.25, 0.3) is 0 Å². The fourth-order valence-electron chi connectivity index (χ4n) is 4.28. The van der Waals surface area contributed by atoms with Crippen LogP contribution in [0.15, 0.2) is 41.6 Å². The number of hydrogen-bond donors (Lipinski definition) is 2. The van der Waals surface area contributed by atoms with Crippen LogP contribution in [-0.4, -0.2) is 56.3 Å². The van der Waals surface area contributed by atoms with Gasteiger partial charge in [0, 0.05) is 36.5 Å². The van der Waals surface area contributed by atoms with Crippen LogP contribution in [0.25, 0.3) is 0 Å². The summed E-state index contributed by atoms with van der Waals surface area (Å²) < 4.78 is 0. The molecule has 0 radical (unpaired) electrons. The molecule has 3 aliphatic rings. The van der Waals surface area contributed by atoms with E-state index in [0.29, 0.717) is 24.0 Å². The number of aromatic nitrogens is 2. The molecule has 2 unspecified atom stereocenters. The highest BCUT2D eigenvalue weighted by Crippen LogP contribution is 2.41. The van der Waals surface area contributed by atoms with Crippen molar-refractivity contribution in [1.82, 2.24) is 19.8 Å². The minimum atomic E-state index is -0.691. The molecule has 126 valence electrons. The van der Waals surface area contributed by atoms with Crippen LogP contribution in [0.4, 0.5) is 0 Å². The van der Waals surface area contributed by atoms with Gasteiger partial charge in [0.2, 0.25) is 0 Å². The number of rotatable bonds is 3. The lowest BCUT2D eigenvalue weighted by Crippen LogP contribution is -2.38. The molecular formula is C18H23N5O. The Morgan fingerprint density at radius 3 is 3.08 bits per heavy atom. The number of aliphatic hydroxyl groups excluding tert-OH is 1. The molecule has 0 spiro atoms. The summed E-state index contributed by atoms with van der Waals surface area (Å²) in [4.78, 5) is 12.7. The van der Waals surface area contributed by atoms with Gasteiger partial charge in [0.15, 0.2) is 0 Å². The van der Waals surface area contributed by atoms with Gasteiger partial charge < -0.3 is 10.0 Å². The Labute approximate surface area is 142 Å². The van der Waals surface area contributed by atoms with Crippen molar-refractivity contribution in [3.05, 3.63) is 47.3 Å². The average Bonchev–Trinajstić information content (AvgIpc) is 3.18. The van der Waals surface area contributed by atoms with E-state index in [4.69, 9.17) is 5.41 Å². The number of nitrogens with zero attached hydrogens (tertiary/aromatic N) is 4. The van der Waals surface area contributed by atoms with E-state index >= 15 is 0 Å². The third-order valence-electron chi connectivity index (χ3n) is 5.36. The maximum absolute atomic E-state index is 10.6. The second-order valence-electron chi connectivity index (χ2n) is 6.61. The fraction of sp³-hybridized carbons (Fsp3) is 0.500. The minimum Gasteiger partial charge on any atom is -0.385 e. The molecule has 3 aliphatic heterocycles. The zero-order chi connectivity index (χ0) is 16.7. The van der Waals surface area contributed by atoms with Crippen LogP contribution in [0.5, 0.6) is 0 Å². The first-order valence-electron chi connectivity index (χ1n) is 8.65. The third kappa shape index (κ3) is 2.37. The normalized spacial score (nSPS) is 26.9. The zero-order valence-corrected chi connectivity index (χ0v) is 13.9. The Hall–Kier alpha value is -2.05. The second-order valence-corrected chi connectivity index (χ2v) is 6.61. The largest absolute Gasteiger partial charge is 0.385 e. The number of allylic oxidation sites excluding steroid dienone is 2. The molecule has 2 atom stereocenters. The first-order chi connectivity index (χ1) is 11.7. The Kier molecular flexibility index (Phi) is 3.94. The van der Waals surface area contributed by atoms with Crippen molar-refractivity contribution >= 4 is 5.71 Å². The summed E-state index contributed by atoms with van der Waals surface area (Å²) in [5.74, 6) is 0. The highest BCUT2D eigenvalue weighted by atomic mass is 16.3. The predicted molar refractivity (Wildman–Crippen MR) is 91.4 cm³/mol. The Morgan fingerprint density at radius 1 is 1.46 bits per heavy atom. The maximum atomic E-state index is 10.6. The number of aliphatic hydroxyl groups is 1. The van der Waals surface area contributed by atoms with Gasteiger partial charge in [0.05, 0.1) is 23.6 Å². The lowest BCUT2D eigenvalue weighted by molar-refractivity contribution is 0.137. The predicted octanol–water partition coefficient (Wildman–Crippen LogP) is 1.87. The van der Waals surface area contributed by atoms with Crippen molar-refractivity contribution in [2.24, 2.45) is 0 Å². The monoisotopic (exact) mass is 325 g/mol. The highest BCUT2D eigenvalue weighted by molar-refractivity contribution is 6.14. The molecule has 0 aliphatic carbocycles. The Balaban J connectivity index is 1.65. The smallest absolute Gasteiger partial charge is 0.115 e. The molecule has 6 heteroatoms. The lowest BCUT2D eigenvalue weighted by atomic mass is 9.95. The molecule has 4 rings (SSSR count). The van der Waals surface area contributed by atoms with E-state index in [1.165, 1.54) is 24.0 Å². The van der Waals surface area contributed by atoms with Crippen molar-refractivity contribution in [2.75, 3.05) is 19.6 Å². The van der Waals surface area contributed by atoms with E-state index in [-0.39, 0.29) is 0 Å². The van der Waals surface area contributed by atoms with Crippen molar-refractivity contribution in [2.45, 2.75) is 38.3 Å². The first kappa shape index (κ1) is 15.5. The van der Waals surface area contributed by atoms with E-state index in [9.17, 15) is 5.11 Å². The van der Waals surface area contributed by atoms with E-state index in [1.54, 1.807) is 12.3 Å². The zero-order valence-electron chi connectivity index (χ0n) is 13.9. The molecule has 0 saturated carbocycles. The van der Waals surface area contributed by atoms with Crippen LogP contribution in [0.3, 0.4) is 0 Å². The maximum Gasteiger partial charge on any atom is 0.115 e. The molecule has 1 saturated heterocycles. The van der Waals surface area contributed by atoms with Crippen LogP contribution in [0, 0.1) is 5.41 Å². The van der Waals surface area contributed by atoms with Gasteiger partial charge in [-0.25, -0.2) is 9.97 Å². The number of β-amino-alcohol motifs (C(OH)–C–C–N with tert-alkyl or cyclic N) is 1. The van der Waals surface area contributed by atoms with Gasteiger partial charge in [-0.05, 0) is 32.4 Å². The van der Waals surface area contributed by atoms with Gasteiger partial charge in [-0.1, -0.05) is 6.08 Å². The van der Waals surface area contributed by atoms with Gasteiger partial charge in [0.1, 0.15) is 12.4 Å². The molecule has 2 N–H and O–H groups in total. The van der Waals surface area contributed by atoms with Gasteiger partial charge in [-0.2, -0.15) is 0 Å². The van der Waals surface area contributed by atoms with Crippen molar-refractivity contribution in [1.29, 1.82) is 5.41 Å². The summed E-state index contributed by atoms with van der Waals surface area (Å²) in [6.45, 7) is 4.60. The van der Waals surface area contributed by atoms with E-state index in [1.807, 2.05) is 13.0 Å². The molecule has 0 bridgehead atoms. The number of nitrogens with one attached hydrogen (secondary N) is 1. The van der Waals surface area contributed by atoms with Crippen molar-refractivity contribution < 1.29 is 5.11 Å². The Morgan fingerprint density at radius 2 is 2.33 bits per heavy atom. The molecular weight excluding hydrogens is 302 g/mol. The third-order valence-corrected chi connectivity index (χ3v) is 5.36. The molecule has 24 heavy (non-hydrogen) atoms. The van der Waals surface area contributed by atoms with Crippen molar-refractivity contribution in [3.63, 3.8) is 0 Å². The molecule has 1 aromatic heterocycles. The Bertz CT molecular complexity index is 711. The summed E-state index contributed by atoms with van der Waals surface area (Å²) in [5.41, 5.74) is 4.59. The van der Waals surface area contributed by atoms with Crippen LogP contribution in [0.1, 0.15) is 38.0 Å². The highest BCUT2D eigenvalue weighted by Gasteiger charge is 2.42. The standard InChI is InChI=1S/C18H23N5O/c1-2-13-18(19)17-14-4-3-8-22(14)9-6-15(17)23(13)10-16(24)12-5-7-20-11-21-12/h2,5,7,11,14,16,19,24H,3-4,6,8-10H2,1H3/b13-2+,19-18?. The van der Waals surface area contributed by atoms with Gasteiger partial charge >= 0.3 is 0 Å². The summed E-state index contributed by atoms with van der Waals surface area (Å²) in [7, 11) is 0. The van der Waals surface area contributed by atoms with Gasteiger partial charge in [-0.3, -0.25) is 10.3 Å². The first-order valence-corrected chi connectivity index (χ1v) is 8.65. The summed E-state index contributed by atoms with van der Waals surface area (Å²) in [6.07, 6.45) is 7.71. The topological polar surface area (TPSA) is 76.3 Å². The average molecular weight is 325 g/mol. The summed E-state index contributed by atoms with van der Waals surface area (Å²) in [6, 6.07) is 2.13. The van der Waals surface area contributed by atoms with E-state index in [0.717, 1.165) is 31.6 Å². The quantitative estimate of drug-likeness (QED) is 0.887. The van der Waals surface area contributed by atoms with Gasteiger partial charge in [-0.15, -0.1) is 0 Å². The van der Waals surface area contributed by atoms with Crippen LogP contribution >= 0.6 is 0 Å². The number of fused-ring (bicyclic) bond motifs is 2. The summed E-state index contributed by atoms with van der Waals surface area (Å²) in [5, 5.41) is 19.3. The van der Waals surface area contributed by atoms with Crippen LogP contribution in [-0.2, 0) is 0 Å². The molecule has 1 aromatic rings. The molecule has 6 nitrogen and oxygen atoms in total. The minimum absolute atomic E-state index is 0.386.